The first-order valence-corrected chi connectivity index (χ1v) is 44.0. The Morgan fingerprint density at radius 2 is 0.802 bits per heavy atom. The van der Waals surface area contributed by atoms with Crippen molar-refractivity contribution < 1.29 is 4.39 Å². The van der Waals surface area contributed by atoms with Crippen LogP contribution in [0.1, 0.15) is 106 Å². The Balaban J connectivity index is 0.000000110. The van der Waals surface area contributed by atoms with Gasteiger partial charge in [0, 0.05) is 156 Å². The third-order valence-corrected chi connectivity index (χ3v) is 26.2. The molecule has 6 aliphatic rings. The number of fused-ring (bicyclic) bond motifs is 10. The predicted molar refractivity (Wildman–Crippen MR) is 490 cm³/mol. The van der Waals surface area contributed by atoms with Crippen LogP contribution in [0, 0.1) is 33.5 Å². The monoisotopic (exact) mass is 1700 g/mol. The third-order valence-electron chi connectivity index (χ3n) is 26.2. The maximum absolute atomic E-state index is 14.5. The SMILES string of the molecule is CCc1nc(C)cn2nc(-c3cc(=O)n4cc(N5CCN6CCC[C@@H]6C5)ccc4n3)cc12.CCc1nc(C)cn2nc(-c3cc(=O)n4cc(N5CC[C@@H](N(C)C)C5)ccc4n3)cc12.CCc1nc(C)cn2nc(-c3cc(=O)n4cc(N5CC[C@H](N(C)C)C5)ccc4n3)cc12.Cc1cn2cc(-c3cc(=O)n4cc(N5CCN6CCC[C@@]6(C)C5)ccc4n3)cc(F)c2n1. The number of aryl methyl sites for hydroxylation is 7. The minimum atomic E-state index is -0.438. The molecular formula is C94H106FN27O4. The fourth-order valence-electron chi connectivity index (χ4n) is 19.3. The minimum absolute atomic E-state index is 0.0894. The molecule has 648 valence electrons. The van der Waals surface area contributed by atoms with Gasteiger partial charge in [0.05, 0.1) is 121 Å². The summed E-state index contributed by atoms with van der Waals surface area (Å²) in [6.45, 7) is 28.7. The summed E-state index contributed by atoms with van der Waals surface area (Å²) in [6.07, 6.45) is 26.6. The number of hydrogen-bond acceptors (Lipinski definition) is 23. The predicted octanol–water partition coefficient (Wildman–Crippen LogP) is 10.5. The first kappa shape index (κ1) is 82.6. The van der Waals surface area contributed by atoms with E-state index in [0.717, 1.165) is 177 Å². The molecule has 6 saturated heterocycles. The molecule has 0 amide bonds. The molecule has 0 radical (unpaired) electrons. The molecule has 6 aliphatic heterocycles. The number of halogens is 1. The second-order valence-electron chi connectivity index (χ2n) is 35.2. The van der Waals surface area contributed by atoms with Gasteiger partial charge in [-0.15, -0.1) is 0 Å². The van der Waals surface area contributed by atoms with E-state index in [2.05, 4.69) is 153 Å². The molecule has 0 aromatic carbocycles. The highest BCUT2D eigenvalue weighted by Gasteiger charge is 2.41. The Morgan fingerprint density at radius 3 is 1.23 bits per heavy atom. The maximum Gasteiger partial charge on any atom is 0.258 e. The van der Waals surface area contributed by atoms with Crippen LogP contribution >= 0.6 is 0 Å². The number of aromatic nitrogens is 19. The van der Waals surface area contributed by atoms with Gasteiger partial charge in [0.2, 0.25) is 0 Å². The smallest absolute Gasteiger partial charge is 0.258 e. The van der Waals surface area contributed by atoms with Crippen molar-refractivity contribution in [2.75, 3.05) is 126 Å². The van der Waals surface area contributed by atoms with Crippen LogP contribution in [0.25, 0.3) is 90.2 Å². The maximum atomic E-state index is 14.5. The summed E-state index contributed by atoms with van der Waals surface area (Å²) in [5.74, 6) is -0.438. The van der Waals surface area contributed by atoms with Crippen LogP contribution in [0.2, 0.25) is 0 Å². The average Bonchev–Trinajstić information content (AvgIpc) is 0.834. The van der Waals surface area contributed by atoms with Gasteiger partial charge in [-0.1, -0.05) is 20.8 Å². The number of rotatable bonds is 13. The highest BCUT2D eigenvalue weighted by atomic mass is 19.1. The van der Waals surface area contributed by atoms with Gasteiger partial charge in [0.15, 0.2) is 11.5 Å². The first-order valence-electron chi connectivity index (χ1n) is 44.0. The lowest BCUT2D eigenvalue weighted by atomic mass is 9.95. The van der Waals surface area contributed by atoms with E-state index in [1.165, 1.54) is 50.9 Å². The lowest BCUT2D eigenvalue weighted by Gasteiger charge is -2.46. The molecule has 4 atom stereocenters. The Hall–Kier alpha value is -13.0. The highest BCUT2D eigenvalue weighted by Crippen LogP contribution is 2.36. The van der Waals surface area contributed by atoms with Gasteiger partial charge >= 0.3 is 0 Å². The van der Waals surface area contributed by atoms with Crippen LogP contribution in [0.4, 0.5) is 27.1 Å². The molecule has 0 spiro atoms. The molecule has 31 nitrogen and oxygen atoms in total. The van der Waals surface area contributed by atoms with Crippen molar-refractivity contribution in [3.05, 3.63) is 240 Å². The van der Waals surface area contributed by atoms with Crippen molar-refractivity contribution in [2.24, 2.45) is 0 Å². The Morgan fingerprint density at radius 1 is 0.397 bits per heavy atom. The quantitative estimate of drug-likeness (QED) is 0.104. The van der Waals surface area contributed by atoms with Gasteiger partial charge in [0.25, 0.3) is 22.2 Å². The zero-order valence-electron chi connectivity index (χ0n) is 73.6. The van der Waals surface area contributed by atoms with Crippen molar-refractivity contribution in [1.29, 1.82) is 0 Å². The molecule has 16 aromatic heterocycles. The Bertz CT molecular complexity index is 6970. The van der Waals surface area contributed by atoms with Gasteiger partial charge in [0.1, 0.15) is 39.7 Å². The molecule has 6 fully saturated rings. The van der Waals surface area contributed by atoms with Crippen LogP contribution in [0.5, 0.6) is 0 Å². The van der Waals surface area contributed by atoms with E-state index in [1.54, 1.807) is 52.6 Å². The summed E-state index contributed by atoms with van der Waals surface area (Å²) in [6, 6.07) is 31.1. The normalized spacial score (nSPS) is 18.6. The van der Waals surface area contributed by atoms with E-state index in [-0.39, 0.29) is 33.4 Å². The molecule has 0 aliphatic carbocycles. The van der Waals surface area contributed by atoms with E-state index in [1.807, 2.05) is 133 Å². The van der Waals surface area contributed by atoms with Crippen molar-refractivity contribution in [1.82, 2.24) is 110 Å². The standard InChI is InChI=1S/C24H25FN6O.C24H27N7O.2C23H27N7O/c1-16-12-29-13-17(10-19(25)23(29)26-16)20-11-22(32)31-14-18(4-5-21(31)27-20)28-8-9-30-7-3-6-24(30,2)15-28;1-3-19-22-11-21(27-31(22)13-16(2)25-19)20-12-24(32)30-15-18(6-7-23(30)26-20)29-10-9-28-8-4-5-17(28)14-29;2*1-5-18-21-10-20(26-30(21)12-15(2)24-18)19-11-23(31)29-14-17(6-7-22(29)25-19)28-9-8-16(13-28)27(3)4/h4-5,10-14H,3,6-9,15H2,1-2H3;6-7,11-13,15,17H,3-5,8-10,14H2,1-2H3;2*6-7,10-12,14,16H,5,8-9,13H2,1-4H3/t24-;17-;2*16-/m0110/s1. The molecule has 0 saturated carbocycles. The molecule has 0 N–H and O–H groups in total. The first-order chi connectivity index (χ1) is 60.8. The molecule has 126 heavy (non-hydrogen) atoms. The van der Waals surface area contributed by atoms with Crippen molar-refractivity contribution in [2.45, 2.75) is 137 Å². The summed E-state index contributed by atoms with van der Waals surface area (Å²) >= 11 is 0. The summed E-state index contributed by atoms with van der Waals surface area (Å²) in [5.41, 5.74) is 20.7. The average molecular weight is 1700 g/mol. The number of pyridine rings is 5. The molecule has 16 aromatic rings. The number of imidazole rings is 1. The van der Waals surface area contributed by atoms with E-state index in [9.17, 15) is 23.6 Å². The zero-order valence-corrected chi connectivity index (χ0v) is 73.6. The van der Waals surface area contributed by atoms with E-state index >= 15 is 0 Å². The van der Waals surface area contributed by atoms with Crippen molar-refractivity contribution in [3.63, 3.8) is 0 Å². The van der Waals surface area contributed by atoms with Crippen LogP contribution in [-0.2, 0) is 19.3 Å². The summed E-state index contributed by atoms with van der Waals surface area (Å²) in [4.78, 5) is 108. The van der Waals surface area contributed by atoms with E-state index in [4.69, 9.17) is 15.0 Å². The molecular weight excluding hydrogens is 1590 g/mol. The van der Waals surface area contributed by atoms with E-state index < -0.39 is 5.82 Å². The number of hydrogen-bond donors (Lipinski definition) is 0. The summed E-state index contributed by atoms with van der Waals surface area (Å²) < 4.78 is 28.2. The minimum Gasteiger partial charge on any atom is -0.369 e. The van der Waals surface area contributed by atoms with Gasteiger partial charge in [-0.3, -0.25) is 61.5 Å². The van der Waals surface area contributed by atoms with Crippen molar-refractivity contribution in [3.8, 4) is 45.4 Å². The molecule has 22 heterocycles. The fraction of sp³-hybridized carbons (Fsp3) is 0.394. The largest absolute Gasteiger partial charge is 0.369 e. The lowest BCUT2D eigenvalue weighted by Crippen LogP contribution is -2.57. The number of piperazine rings is 2. The van der Waals surface area contributed by atoms with Gasteiger partial charge in [-0.05, 0) is 206 Å². The van der Waals surface area contributed by atoms with Crippen LogP contribution in [0.15, 0.2) is 172 Å². The molecule has 22 rings (SSSR count). The Kier molecular flexibility index (Phi) is 21.9. The molecule has 0 bridgehead atoms. The third kappa shape index (κ3) is 16.1. The van der Waals surface area contributed by atoms with Gasteiger partial charge in [-0.25, -0.2) is 42.9 Å². The van der Waals surface area contributed by atoms with Crippen molar-refractivity contribution >= 4 is 67.5 Å². The fourth-order valence-corrected chi connectivity index (χ4v) is 19.3. The van der Waals surface area contributed by atoms with E-state index in [0.29, 0.717) is 86.1 Å². The van der Waals surface area contributed by atoms with Crippen LogP contribution in [0.3, 0.4) is 0 Å². The summed E-state index contributed by atoms with van der Waals surface area (Å²) in [5, 5.41) is 14.0. The zero-order chi connectivity index (χ0) is 87.2. The molecule has 32 heteroatoms. The highest BCUT2D eigenvalue weighted by molar-refractivity contribution is 5.71. The van der Waals surface area contributed by atoms with Gasteiger partial charge in [-0.2, -0.15) is 15.3 Å². The second-order valence-corrected chi connectivity index (χ2v) is 35.2. The summed E-state index contributed by atoms with van der Waals surface area (Å²) in [7, 11) is 8.46. The van der Waals surface area contributed by atoms with Crippen LogP contribution < -0.4 is 41.8 Å². The van der Waals surface area contributed by atoms with Crippen LogP contribution in [-0.4, -0.2) is 241 Å². The van der Waals surface area contributed by atoms with Gasteiger partial charge < -0.3 is 33.8 Å². The molecule has 0 unspecified atom stereocenters. The second kappa shape index (κ2) is 33.5. The topological polar surface area (TPSA) is 271 Å². The number of likely N-dealkylation sites (N-methyl/N-ethyl adjacent to an activating group) is 2. The number of anilines is 4. The Labute approximate surface area is 727 Å². The number of nitrogens with zero attached hydrogens (tertiary/aromatic N) is 27. The lowest BCUT2D eigenvalue weighted by molar-refractivity contribution is 0.138.